The van der Waals surface area contributed by atoms with Gasteiger partial charge in [-0.05, 0) is 37.5 Å². The van der Waals surface area contributed by atoms with Gasteiger partial charge in [-0.1, -0.05) is 32.0 Å². The highest BCUT2D eigenvalue weighted by Crippen LogP contribution is 2.20. The number of hydrogen-bond acceptors (Lipinski definition) is 3. The van der Waals surface area contributed by atoms with Crippen LogP contribution in [-0.4, -0.2) is 37.8 Å². The lowest BCUT2D eigenvalue weighted by molar-refractivity contribution is -0.139. The van der Waals surface area contributed by atoms with Gasteiger partial charge in [0.2, 0.25) is 0 Å². The second kappa shape index (κ2) is 8.29. The summed E-state index contributed by atoms with van der Waals surface area (Å²) in [5, 5.41) is 17.6. The summed E-state index contributed by atoms with van der Waals surface area (Å²) in [6.07, 6.45) is 3.81. The molecule has 0 bridgehead atoms. The Balaban J connectivity index is 1.78. The van der Waals surface area contributed by atoms with Gasteiger partial charge in [0.05, 0.1) is 6.04 Å². The number of nitrogens with zero attached hydrogens (tertiary/aromatic N) is 2. The number of aromatic nitrogens is 3. The summed E-state index contributed by atoms with van der Waals surface area (Å²) in [6.45, 7) is 6.07. The van der Waals surface area contributed by atoms with E-state index in [4.69, 9.17) is 0 Å². The number of carboxylic acids is 1. The van der Waals surface area contributed by atoms with Crippen LogP contribution in [0.4, 0.5) is 0 Å². The minimum Gasteiger partial charge on any atom is -0.480 e. The Kier molecular flexibility index (Phi) is 5.82. The van der Waals surface area contributed by atoms with E-state index < -0.39 is 17.9 Å². The Morgan fingerprint density at radius 1 is 1.25 bits per heavy atom. The van der Waals surface area contributed by atoms with E-state index in [9.17, 15) is 14.7 Å². The molecule has 0 spiro atoms. The Morgan fingerprint density at radius 3 is 2.64 bits per heavy atom. The Hall–Kier alpha value is -3.09. The largest absolute Gasteiger partial charge is 0.480 e. The summed E-state index contributed by atoms with van der Waals surface area (Å²) < 4.78 is 1.85. The Bertz CT molecular complexity index is 985. The number of benzene rings is 1. The van der Waals surface area contributed by atoms with Crippen LogP contribution < -0.4 is 5.32 Å². The first-order valence-electron chi connectivity index (χ1n) is 9.59. The molecule has 0 saturated heterocycles. The van der Waals surface area contributed by atoms with Crippen LogP contribution >= 0.6 is 0 Å². The molecule has 2 aromatic heterocycles. The number of aryl methyl sites for hydroxylation is 1. The number of aliphatic carboxylic acids is 1. The molecular formula is C21H26N4O3. The monoisotopic (exact) mass is 382 g/mol. The Labute approximate surface area is 163 Å². The highest BCUT2D eigenvalue weighted by Gasteiger charge is 2.24. The summed E-state index contributed by atoms with van der Waals surface area (Å²) >= 11 is 0. The van der Waals surface area contributed by atoms with Crippen LogP contribution in [0, 0.1) is 6.92 Å². The summed E-state index contributed by atoms with van der Waals surface area (Å²) in [5.74, 6) is -1.55. The van der Waals surface area contributed by atoms with Crippen molar-refractivity contribution in [1.29, 1.82) is 0 Å². The fraction of sp³-hybridized carbons (Fsp3) is 0.381. The summed E-state index contributed by atoms with van der Waals surface area (Å²) in [4.78, 5) is 27.5. The molecule has 0 aliphatic rings. The molecule has 3 rings (SSSR count). The lowest BCUT2D eigenvalue weighted by Crippen LogP contribution is -2.42. The maximum absolute atomic E-state index is 12.7. The normalized spacial score (nSPS) is 12.4. The first-order chi connectivity index (χ1) is 13.4. The van der Waals surface area contributed by atoms with Crippen molar-refractivity contribution in [2.45, 2.75) is 52.1 Å². The first-order valence-corrected chi connectivity index (χ1v) is 9.59. The number of amides is 1. The summed E-state index contributed by atoms with van der Waals surface area (Å²) in [6, 6.07) is 8.58. The van der Waals surface area contributed by atoms with Crippen molar-refractivity contribution in [1.82, 2.24) is 20.1 Å². The van der Waals surface area contributed by atoms with E-state index in [0.29, 0.717) is 0 Å². The zero-order valence-electron chi connectivity index (χ0n) is 16.4. The van der Waals surface area contributed by atoms with E-state index >= 15 is 0 Å². The third-order valence-corrected chi connectivity index (χ3v) is 5.15. The smallest absolute Gasteiger partial charge is 0.326 e. The Morgan fingerprint density at radius 2 is 1.96 bits per heavy atom. The van der Waals surface area contributed by atoms with Gasteiger partial charge in [-0.3, -0.25) is 9.48 Å². The number of para-hydroxylation sites is 1. The molecule has 28 heavy (non-hydrogen) atoms. The molecule has 148 valence electrons. The molecule has 3 N–H and O–H groups in total. The highest BCUT2D eigenvalue weighted by molar-refractivity contribution is 5.95. The lowest BCUT2D eigenvalue weighted by atomic mass is 10.0. The molecule has 1 amide bonds. The van der Waals surface area contributed by atoms with Gasteiger partial charge in [0.1, 0.15) is 11.7 Å². The van der Waals surface area contributed by atoms with Gasteiger partial charge in [0, 0.05) is 29.2 Å². The summed E-state index contributed by atoms with van der Waals surface area (Å²) in [5.41, 5.74) is 2.92. The number of nitrogens with one attached hydrogen (secondary N) is 2. The van der Waals surface area contributed by atoms with Crippen LogP contribution in [0.2, 0.25) is 0 Å². The molecule has 0 saturated carbocycles. The molecule has 7 heteroatoms. The van der Waals surface area contributed by atoms with Crippen LogP contribution in [-0.2, 0) is 11.2 Å². The zero-order chi connectivity index (χ0) is 20.3. The molecule has 0 radical (unpaired) electrons. The molecule has 1 unspecified atom stereocenters. The molecule has 1 atom stereocenters. The van der Waals surface area contributed by atoms with Crippen molar-refractivity contribution in [3.8, 4) is 0 Å². The number of hydrogen-bond donors (Lipinski definition) is 3. The van der Waals surface area contributed by atoms with E-state index in [0.717, 1.165) is 35.0 Å². The van der Waals surface area contributed by atoms with Gasteiger partial charge >= 0.3 is 5.97 Å². The maximum atomic E-state index is 12.7. The quantitative estimate of drug-likeness (QED) is 0.555. The van der Waals surface area contributed by atoms with Crippen LogP contribution in [0.5, 0.6) is 0 Å². The molecule has 7 nitrogen and oxygen atoms in total. The van der Waals surface area contributed by atoms with Crippen LogP contribution in [0.1, 0.15) is 54.5 Å². The molecule has 0 fully saturated rings. The predicted octanol–water partition coefficient (Wildman–Crippen LogP) is 3.46. The van der Waals surface area contributed by atoms with Gasteiger partial charge in [-0.15, -0.1) is 0 Å². The molecular weight excluding hydrogens is 356 g/mol. The SMILES string of the molecule is CCC(CC)n1nc(C(=O)NC(Cc2c[nH]c3ccccc23)C(=O)O)cc1C. The number of rotatable bonds is 8. The van der Waals surface area contributed by atoms with E-state index in [2.05, 4.69) is 29.2 Å². The average molecular weight is 382 g/mol. The van der Waals surface area contributed by atoms with E-state index in [-0.39, 0.29) is 18.2 Å². The molecule has 2 heterocycles. The highest BCUT2D eigenvalue weighted by atomic mass is 16.4. The minimum atomic E-state index is -1.07. The number of carboxylic acid groups (broad SMARTS) is 1. The zero-order valence-corrected chi connectivity index (χ0v) is 16.4. The number of H-pyrrole nitrogens is 1. The standard InChI is InChI=1S/C21H26N4O3/c1-4-15(5-2)25-13(3)10-18(24-25)20(26)23-19(21(27)28)11-14-12-22-17-9-7-6-8-16(14)17/h6-10,12,15,19,22H,4-5,11H2,1-3H3,(H,23,26)(H,27,28). The second-order valence-corrected chi connectivity index (χ2v) is 7.01. The van der Waals surface area contributed by atoms with Crippen molar-refractivity contribution in [2.24, 2.45) is 0 Å². The second-order valence-electron chi connectivity index (χ2n) is 7.01. The van der Waals surface area contributed by atoms with Crippen molar-refractivity contribution < 1.29 is 14.7 Å². The molecule has 3 aromatic rings. The van der Waals surface area contributed by atoms with Gasteiger partial charge in [-0.25, -0.2) is 4.79 Å². The first kappa shape index (κ1) is 19.7. The van der Waals surface area contributed by atoms with Gasteiger partial charge in [0.25, 0.3) is 5.91 Å². The lowest BCUT2D eigenvalue weighted by Gasteiger charge is -2.15. The van der Waals surface area contributed by atoms with Gasteiger partial charge in [0.15, 0.2) is 0 Å². The van der Waals surface area contributed by atoms with E-state index in [1.165, 1.54) is 0 Å². The topological polar surface area (TPSA) is 100 Å². The van der Waals surface area contributed by atoms with Crippen molar-refractivity contribution in [3.63, 3.8) is 0 Å². The van der Waals surface area contributed by atoms with Gasteiger partial charge in [-0.2, -0.15) is 5.10 Å². The number of aromatic amines is 1. The third kappa shape index (κ3) is 3.93. The fourth-order valence-electron chi connectivity index (χ4n) is 3.56. The van der Waals surface area contributed by atoms with Crippen LogP contribution in [0.3, 0.4) is 0 Å². The average Bonchev–Trinajstić information content (AvgIpc) is 3.26. The van der Waals surface area contributed by atoms with Gasteiger partial charge < -0.3 is 15.4 Å². The fourth-order valence-corrected chi connectivity index (χ4v) is 3.56. The van der Waals surface area contributed by atoms with Crippen molar-refractivity contribution in [3.05, 3.63) is 53.5 Å². The maximum Gasteiger partial charge on any atom is 0.326 e. The third-order valence-electron chi connectivity index (χ3n) is 5.15. The summed E-state index contributed by atoms with van der Waals surface area (Å²) in [7, 11) is 0. The van der Waals surface area contributed by atoms with E-state index in [1.807, 2.05) is 35.9 Å². The van der Waals surface area contributed by atoms with Crippen LogP contribution in [0.15, 0.2) is 36.5 Å². The molecule has 1 aromatic carbocycles. The molecule has 0 aliphatic carbocycles. The van der Waals surface area contributed by atoms with Crippen molar-refractivity contribution in [2.75, 3.05) is 0 Å². The molecule has 0 aliphatic heterocycles. The number of carbonyl (C=O) groups excluding carboxylic acids is 1. The number of fused-ring (bicyclic) bond motifs is 1. The van der Waals surface area contributed by atoms with Crippen molar-refractivity contribution >= 4 is 22.8 Å². The predicted molar refractivity (Wildman–Crippen MR) is 107 cm³/mol. The van der Waals surface area contributed by atoms with Crippen LogP contribution in [0.25, 0.3) is 10.9 Å². The minimum absolute atomic E-state index is 0.192. The van der Waals surface area contributed by atoms with E-state index in [1.54, 1.807) is 12.3 Å². The number of carbonyl (C=O) groups is 2.